The van der Waals surface area contributed by atoms with Crippen LogP contribution in [0.1, 0.15) is 22.3 Å². The van der Waals surface area contributed by atoms with Crippen LogP contribution in [0.3, 0.4) is 0 Å². The Morgan fingerprint density at radius 2 is 1.89 bits per heavy atom. The van der Waals surface area contributed by atoms with Gasteiger partial charge in [0.2, 0.25) is 0 Å². The van der Waals surface area contributed by atoms with Gasteiger partial charge in [0.15, 0.2) is 5.82 Å². The summed E-state index contributed by atoms with van der Waals surface area (Å²) in [6.45, 7) is 4.78. The maximum atomic E-state index is 12.4. The van der Waals surface area contributed by atoms with Crippen molar-refractivity contribution in [3.8, 4) is 11.4 Å². The van der Waals surface area contributed by atoms with Gasteiger partial charge in [-0.05, 0) is 43.0 Å². The molecule has 3 aromatic rings. The lowest BCUT2D eigenvalue weighted by molar-refractivity contribution is 0.0947. The Kier molecular flexibility index (Phi) is 5.28. The summed E-state index contributed by atoms with van der Waals surface area (Å²) < 4.78 is 0. The SMILES string of the molecule is Cc1ccccc1N1CC[C@@H](CNC(=O)c2cnc(-c3ccncc3)nc2)C1. The van der Waals surface area contributed by atoms with Crippen LogP contribution in [-0.2, 0) is 0 Å². The standard InChI is InChI=1S/C22H23N5O/c1-16-4-2-3-5-20(16)27-11-8-17(15-27)12-26-22(28)19-13-24-21(25-14-19)18-6-9-23-10-7-18/h2-7,9-10,13-14,17H,8,11-12,15H2,1H3,(H,26,28)/t17-/m0/s1. The Balaban J connectivity index is 1.32. The topological polar surface area (TPSA) is 71.0 Å². The summed E-state index contributed by atoms with van der Waals surface area (Å²) in [6.07, 6.45) is 7.62. The first-order valence-corrected chi connectivity index (χ1v) is 9.52. The lowest BCUT2D eigenvalue weighted by Gasteiger charge is -2.21. The van der Waals surface area contributed by atoms with Crippen LogP contribution in [0.2, 0.25) is 0 Å². The van der Waals surface area contributed by atoms with Crippen LogP contribution in [0, 0.1) is 12.8 Å². The highest BCUT2D eigenvalue weighted by Crippen LogP contribution is 2.26. The third-order valence-electron chi connectivity index (χ3n) is 5.15. The smallest absolute Gasteiger partial charge is 0.254 e. The van der Waals surface area contributed by atoms with Crippen molar-refractivity contribution in [1.82, 2.24) is 20.3 Å². The van der Waals surface area contributed by atoms with Gasteiger partial charge in [-0.2, -0.15) is 0 Å². The Morgan fingerprint density at radius 1 is 1.14 bits per heavy atom. The minimum absolute atomic E-state index is 0.129. The molecule has 1 fully saturated rings. The predicted octanol–water partition coefficient (Wildman–Crippen LogP) is 3.10. The molecule has 4 rings (SSSR count). The van der Waals surface area contributed by atoms with Gasteiger partial charge in [-0.25, -0.2) is 9.97 Å². The van der Waals surface area contributed by atoms with E-state index in [9.17, 15) is 4.79 Å². The molecule has 0 unspecified atom stereocenters. The number of anilines is 1. The monoisotopic (exact) mass is 373 g/mol. The second-order valence-electron chi connectivity index (χ2n) is 7.13. The van der Waals surface area contributed by atoms with Gasteiger partial charge >= 0.3 is 0 Å². The molecule has 0 spiro atoms. The minimum atomic E-state index is -0.129. The third kappa shape index (κ3) is 4.01. The molecule has 1 N–H and O–H groups in total. The molecule has 0 saturated carbocycles. The molecular weight excluding hydrogens is 350 g/mol. The molecule has 1 saturated heterocycles. The van der Waals surface area contributed by atoms with E-state index in [2.05, 4.69) is 56.4 Å². The second-order valence-corrected chi connectivity index (χ2v) is 7.13. The maximum Gasteiger partial charge on any atom is 0.254 e. The van der Waals surface area contributed by atoms with Crippen LogP contribution < -0.4 is 10.2 Å². The number of benzene rings is 1. The Hall–Kier alpha value is -3.28. The van der Waals surface area contributed by atoms with Gasteiger partial charge in [-0.3, -0.25) is 9.78 Å². The highest BCUT2D eigenvalue weighted by atomic mass is 16.1. The van der Waals surface area contributed by atoms with Crippen LogP contribution in [0.15, 0.2) is 61.2 Å². The molecule has 6 nitrogen and oxygen atoms in total. The van der Waals surface area contributed by atoms with Gasteiger partial charge in [-0.1, -0.05) is 18.2 Å². The Morgan fingerprint density at radius 3 is 2.64 bits per heavy atom. The summed E-state index contributed by atoms with van der Waals surface area (Å²) in [6, 6.07) is 12.1. The van der Waals surface area contributed by atoms with Crippen LogP contribution in [0.25, 0.3) is 11.4 Å². The molecule has 0 bridgehead atoms. The molecule has 28 heavy (non-hydrogen) atoms. The van der Waals surface area contributed by atoms with Crippen LogP contribution in [0.4, 0.5) is 5.69 Å². The zero-order chi connectivity index (χ0) is 19.3. The summed E-state index contributed by atoms with van der Waals surface area (Å²) in [5, 5.41) is 3.03. The lowest BCUT2D eigenvalue weighted by atomic mass is 10.1. The number of nitrogens with one attached hydrogen (secondary N) is 1. The number of pyridine rings is 1. The largest absolute Gasteiger partial charge is 0.371 e. The number of carbonyl (C=O) groups excluding carboxylic acids is 1. The van der Waals surface area contributed by atoms with Gasteiger partial charge < -0.3 is 10.2 Å². The highest BCUT2D eigenvalue weighted by Gasteiger charge is 2.24. The van der Waals surface area contributed by atoms with Crippen LogP contribution in [-0.4, -0.2) is 40.5 Å². The second kappa shape index (κ2) is 8.17. The van der Waals surface area contributed by atoms with Crippen molar-refractivity contribution in [2.24, 2.45) is 5.92 Å². The molecular formula is C22H23N5O. The fraction of sp³-hybridized carbons (Fsp3) is 0.273. The first-order valence-electron chi connectivity index (χ1n) is 9.52. The zero-order valence-electron chi connectivity index (χ0n) is 15.9. The van der Waals surface area contributed by atoms with Gasteiger partial charge in [0.25, 0.3) is 5.91 Å². The van der Waals surface area contributed by atoms with Crippen molar-refractivity contribution < 1.29 is 4.79 Å². The molecule has 1 amide bonds. The molecule has 142 valence electrons. The number of para-hydroxylation sites is 1. The van der Waals surface area contributed by atoms with Crippen molar-refractivity contribution in [3.63, 3.8) is 0 Å². The molecule has 6 heteroatoms. The third-order valence-corrected chi connectivity index (χ3v) is 5.15. The van der Waals surface area contributed by atoms with E-state index >= 15 is 0 Å². The normalized spacial score (nSPS) is 16.2. The van der Waals surface area contributed by atoms with Crippen molar-refractivity contribution in [2.75, 3.05) is 24.5 Å². The van der Waals surface area contributed by atoms with E-state index in [1.54, 1.807) is 24.8 Å². The Bertz CT molecular complexity index is 943. The molecule has 3 heterocycles. The molecule has 0 aliphatic carbocycles. The molecule has 1 atom stereocenters. The first kappa shape index (κ1) is 18.1. The van der Waals surface area contributed by atoms with E-state index in [0.717, 1.165) is 25.1 Å². The molecule has 1 aromatic carbocycles. The zero-order valence-corrected chi connectivity index (χ0v) is 15.9. The van der Waals surface area contributed by atoms with Gasteiger partial charge in [-0.15, -0.1) is 0 Å². The minimum Gasteiger partial charge on any atom is -0.371 e. The van der Waals surface area contributed by atoms with Crippen LogP contribution >= 0.6 is 0 Å². The maximum absolute atomic E-state index is 12.4. The summed E-state index contributed by atoms with van der Waals surface area (Å²) in [5.74, 6) is 0.903. The fourth-order valence-corrected chi connectivity index (χ4v) is 3.57. The lowest BCUT2D eigenvalue weighted by Crippen LogP contribution is -2.31. The Labute approximate surface area is 164 Å². The molecule has 0 radical (unpaired) electrons. The van der Waals surface area contributed by atoms with E-state index in [0.29, 0.717) is 23.9 Å². The summed E-state index contributed by atoms with van der Waals surface area (Å²) in [5.41, 5.74) is 3.94. The first-order chi connectivity index (χ1) is 13.7. The predicted molar refractivity (Wildman–Crippen MR) is 109 cm³/mol. The summed E-state index contributed by atoms with van der Waals surface area (Å²) in [7, 11) is 0. The number of carbonyl (C=O) groups is 1. The van der Waals surface area contributed by atoms with E-state index in [4.69, 9.17) is 0 Å². The average molecular weight is 373 g/mol. The quantitative estimate of drug-likeness (QED) is 0.744. The molecule has 1 aliphatic heterocycles. The van der Waals surface area contributed by atoms with Crippen molar-refractivity contribution >= 4 is 11.6 Å². The fourth-order valence-electron chi connectivity index (χ4n) is 3.57. The van der Waals surface area contributed by atoms with Crippen molar-refractivity contribution in [2.45, 2.75) is 13.3 Å². The van der Waals surface area contributed by atoms with E-state index in [-0.39, 0.29) is 5.91 Å². The summed E-state index contributed by atoms with van der Waals surface area (Å²) >= 11 is 0. The van der Waals surface area contributed by atoms with Gasteiger partial charge in [0.05, 0.1) is 5.56 Å². The van der Waals surface area contributed by atoms with Crippen molar-refractivity contribution in [1.29, 1.82) is 0 Å². The van der Waals surface area contributed by atoms with Crippen molar-refractivity contribution in [3.05, 3.63) is 72.3 Å². The summed E-state index contributed by atoms with van der Waals surface area (Å²) in [4.78, 5) is 27.4. The van der Waals surface area contributed by atoms with Crippen LogP contribution in [0.5, 0.6) is 0 Å². The molecule has 1 aliphatic rings. The van der Waals surface area contributed by atoms with Gasteiger partial charge in [0, 0.05) is 55.7 Å². The number of hydrogen-bond acceptors (Lipinski definition) is 5. The van der Waals surface area contributed by atoms with Gasteiger partial charge in [0.1, 0.15) is 0 Å². The van der Waals surface area contributed by atoms with E-state index in [1.807, 2.05) is 12.1 Å². The number of aromatic nitrogens is 3. The molecule has 2 aromatic heterocycles. The number of aryl methyl sites for hydroxylation is 1. The number of rotatable bonds is 5. The highest BCUT2D eigenvalue weighted by molar-refractivity contribution is 5.93. The number of amides is 1. The average Bonchev–Trinajstić information content (AvgIpc) is 3.22. The van der Waals surface area contributed by atoms with E-state index < -0.39 is 0 Å². The number of hydrogen-bond donors (Lipinski definition) is 1. The number of nitrogens with zero attached hydrogens (tertiary/aromatic N) is 4. The van der Waals surface area contributed by atoms with E-state index in [1.165, 1.54) is 11.3 Å².